The molecule has 2 aromatic carbocycles. The van der Waals surface area contributed by atoms with Gasteiger partial charge >= 0.3 is 0 Å². The maximum Gasteiger partial charge on any atom is 0.227 e. The van der Waals surface area contributed by atoms with Crippen LogP contribution in [0.4, 0.5) is 5.69 Å². The van der Waals surface area contributed by atoms with Crippen molar-refractivity contribution < 1.29 is 4.79 Å². The Morgan fingerprint density at radius 1 is 1.08 bits per heavy atom. The van der Waals surface area contributed by atoms with Gasteiger partial charge in [0.05, 0.1) is 10.7 Å². The van der Waals surface area contributed by atoms with E-state index in [0.29, 0.717) is 10.7 Å². The Labute approximate surface area is 160 Å². The number of carbonyl (C=O) groups is 1. The van der Waals surface area contributed by atoms with E-state index in [2.05, 4.69) is 40.2 Å². The fraction of sp³-hybridized carbons (Fsp3) is 0.381. The highest BCUT2D eigenvalue weighted by atomic mass is 35.5. The van der Waals surface area contributed by atoms with Gasteiger partial charge in [0.25, 0.3) is 0 Å². The second kappa shape index (κ2) is 9.72. The summed E-state index contributed by atoms with van der Waals surface area (Å²) in [7, 11) is 0. The van der Waals surface area contributed by atoms with E-state index in [0.717, 1.165) is 51.0 Å². The Morgan fingerprint density at radius 3 is 2.62 bits per heavy atom. The topological polar surface area (TPSA) is 53.2 Å². The molecule has 2 aromatic rings. The van der Waals surface area contributed by atoms with Gasteiger partial charge in [0.2, 0.25) is 5.91 Å². The first kappa shape index (κ1) is 18.9. The summed E-state index contributed by atoms with van der Waals surface area (Å²) in [6.07, 6.45) is 2.75. The molecule has 0 aromatic heterocycles. The maximum atomic E-state index is 12.4. The molecule has 1 aliphatic heterocycles. The first-order valence-corrected chi connectivity index (χ1v) is 9.65. The summed E-state index contributed by atoms with van der Waals surface area (Å²) in [5.74, 6) is 0.141. The lowest BCUT2D eigenvalue weighted by atomic mass is 9.97. The highest BCUT2D eigenvalue weighted by molar-refractivity contribution is 6.33. The predicted octanol–water partition coefficient (Wildman–Crippen LogP) is 3.61. The van der Waals surface area contributed by atoms with Gasteiger partial charge in [0.1, 0.15) is 0 Å². The van der Waals surface area contributed by atoms with Crippen molar-refractivity contribution >= 4 is 23.2 Å². The zero-order valence-corrected chi connectivity index (χ0v) is 15.7. The van der Waals surface area contributed by atoms with E-state index in [1.54, 1.807) is 0 Å². The van der Waals surface area contributed by atoms with Gasteiger partial charge in [-0.2, -0.15) is 0 Å². The van der Waals surface area contributed by atoms with Crippen LogP contribution in [0, 0.1) is 5.92 Å². The number of hydrogen-bond acceptors (Lipinski definition) is 3. The Bertz CT molecular complexity index is 714. The lowest BCUT2D eigenvalue weighted by molar-refractivity contribution is -0.120. The standard InChI is InChI=1S/C21H26ClN3O/c22-19-7-6-17(15-24-11-8-16-4-2-1-3-5-16)14-20(19)25-21(26)18-9-12-23-13-10-18/h1-7,14,18,23-24H,8-13,15H2,(H,25,26). The molecule has 138 valence electrons. The Balaban J connectivity index is 1.51. The first-order chi connectivity index (χ1) is 12.7. The Hall–Kier alpha value is -1.88. The number of rotatable bonds is 7. The summed E-state index contributed by atoms with van der Waals surface area (Å²) in [4.78, 5) is 12.4. The van der Waals surface area contributed by atoms with E-state index >= 15 is 0 Å². The van der Waals surface area contributed by atoms with E-state index in [1.807, 2.05) is 24.3 Å². The fourth-order valence-electron chi connectivity index (χ4n) is 3.21. The van der Waals surface area contributed by atoms with Crippen molar-refractivity contribution in [2.24, 2.45) is 5.92 Å². The van der Waals surface area contributed by atoms with Crippen LogP contribution < -0.4 is 16.0 Å². The molecule has 1 amide bonds. The monoisotopic (exact) mass is 371 g/mol. The van der Waals surface area contributed by atoms with Crippen molar-refractivity contribution in [2.45, 2.75) is 25.8 Å². The minimum Gasteiger partial charge on any atom is -0.325 e. The Kier molecular flexibility index (Phi) is 7.06. The van der Waals surface area contributed by atoms with Gasteiger partial charge in [0, 0.05) is 12.5 Å². The maximum absolute atomic E-state index is 12.4. The summed E-state index contributed by atoms with van der Waals surface area (Å²) in [5, 5.41) is 10.3. The molecule has 0 bridgehead atoms. The smallest absolute Gasteiger partial charge is 0.227 e. The molecule has 0 aliphatic carbocycles. The molecular weight excluding hydrogens is 346 g/mol. The number of amides is 1. The van der Waals surface area contributed by atoms with E-state index in [9.17, 15) is 4.79 Å². The zero-order chi connectivity index (χ0) is 18.2. The quantitative estimate of drug-likeness (QED) is 0.652. The molecule has 0 unspecified atom stereocenters. The van der Waals surface area contributed by atoms with Crippen molar-refractivity contribution in [3.8, 4) is 0 Å². The summed E-state index contributed by atoms with van der Waals surface area (Å²) in [5.41, 5.74) is 3.15. The molecule has 0 spiro atoms. The van der Waals surface area contributed by atoms with Crippen LogP contribution in [-0.2, 0) is 17.8 Å². The fourth-order valence-corrected chi connectivity index (χ4v) is 3.37. The van der Waals surface area contributed by atoms with E-state index in [4.69, 9.17) is 11.6 Å². The number of piperidine rings is 1. The third-order valence-corrected chi connectivity index (χ3v) is 5.09. The largest absolute Gasteiger partial charge is 0.325 e. The predicted molar refractivity (Wildman–Crippen MR) is 108 cm³/mol. The Morgan fingerprint density at radius 2 is 1.85 bits per heavy atom. The molecule has 3 rings (SSSR count). The van der Waals surface area contributed by atoms with Gasteiger partial charge in [-0.15, -0.1) is 0 Å². The lowest BCUT2D eigenvalue weighted by Crippen LogP contribution is -2.34. The minimum absolute atomic E-state index is 0.0694. The summed E-state index contributed by atoms with van der Waals surface area (Å²) >= 11 is 6.27. The van der Waals surface area contributed by atoms with Crippen molar-refractivity contribution in [2.75, 3.05) is 25.0 Å². The minimum atomic E-state index is 0.0694. The van der Waals surface area contributed by atoms with Crippen LogP contribution in [0.3, 0.4) is 0 Å². The van der Waals surface area contributed by atoms with E-state index < -0.39 is 0 Å². The van der Waals surface area contributed by atoms with Gasteiger partial charge in [-0.05, 0) is 62.2 Å². The summed E-state index contributed by atoms with van der Waals surface area (Å²) in [6.45, 7) is 3.46. The number of carbonyl (C=O) groups excluding carboxylic acids is 1. The molecule has 1 aliphatic rings. The van der Waals surface area contributed by atoms with Gasteiger partial charge < -0.3 is 16.0 Å². The van der Waals surface area contributed by atoms with Crippen LogP contribution in [0.25, 0.3) is 0 Å². The number of anilines is 1. The van der Waals surface area contributed by atoms with Gasteiger partial charge in [-0.25, -0.2) is 0 Å². The number of benzene rings is 2. The normalized spacial score (nSPS) is 15.0. The molecule has 4 nitrogen and oxygen atoms in total. The highest BCUT2D eigenvalue weighted by Crippen LogP contribution is 2.25. The van der Waals surface area contributed by atoms with Gasteiger partial charge in [-0.3, -0.25) is 4.79 Å². The van der Waals surface area contributed by atoms with E-state index in [-0.39, 0.29) is 11.8 Å². The second-order valence-corrected chi connectivity index (χ2v) is 7.15. The number of nitrogens with one attached hydrogen (secondary N) is 3. The van der Waals surface area contributed by atoms with Crippen molar-refractivity contribution in [3.05, 3.63) is 64.7 Å². The molecule has 1 saturated heterocycles. The van der Waals surface area contributed by atoms with Crippen LogP contribution in [0.15, 0.2) is 48.5 Å². The van der Waals surface area contributed by atoms with Crippen LogP contribution in [0.5, 0.6) is 0 Å². The van der Waals surface area contributed by atoms with Crippen molar-refractivity contribution in [3.63, 3.8) is 0 Å². The van der Waals surface area contributed by atoms with Crippen LogP contribution in [-0.4, -0.2) is 25.5 Å². The van der Waals surface area contributed by atoms with Crippen molar-refractivity contribution in [1.29, 1.82) is 0 Å². The van der Waals surface area contributed by atoms with E-state index in [1.165, 1.54) is 5.56 Å². The first-order valence-electron chi connectivity index (χ1n) is 9.27. The van der Waals surface area contributed by atoms with Crippen LogP contribution in [0.1, 0.15) is 24.0 Å². The zero-order valence-electron chi connectivity index (χ0n) is 14.9. The SMILES string of the molecule is O=C(Nc1cc(CNCCc2ccccc2)ccc1Cl)C1CCNCC1. The molecule has 3 N–H and O–H groups in total. The highest BCUT2D eigenvalue weighted by Gasteiger charge is 2.21. The number of halogens is 1. The number of hydrogen-bond donors (Lipinski definition) is 3. The van der Waals surface area contributed by atoms with Crippen molar-refractivity contribution in [1.82, 2.24) is 10.6 Å². The molecule has 0 saturated carbocycles. The van der Waals surface area contributed by atoms with Crippen LogP contribution in [0.2, 0.25) is 5.02 Å². The molecular formula is C21H26ClN3O. The molecule has 1 heterocycles. The lowest BCUT2D eigenvalue weighted by Gasteiger charge is -2.22. The third-order valence-electron chi connectivity index (χ3n) is 4.76. The molecule has 0 radical (unpaired) electrons. The van der Waals surface area contributed by atoms with Gasteiger partial charge in [-0.1, -0.05) is 48.0 Å². The average Bonchev–Trinajstić information content (AvgIpc) is 2.69. The molecule has 1 fully saturated rings. The molecule has 0 atom stereocenters. The van der Waals surface area contributed by atoms with Gasteiger partial charge in [0.15, 0.2) is 0 Å². The molecule has 5 heteroatoms. The summed E-state index contributed by atoms with van der Waals surface area (Å²) < 4.78 is 0. The van der Waals surface area contributed by atoms with Crippen LogP contribution >= 0.6 is 11.6 Å². The average molecular weight is 372 g/mol. The third kappa shape index (κ3) is 5.56. The summed E-state index contributed by atoms with van der Waals surface area (Å²) in [6, 6.07) is 16.3. The second-order valence-electron chi connectivity index (χ2n) is 6.74. The molecule has 26 heavy (non-hydrogen) atoms.